The van der Waals surface area contributed by atoms with Crippen molar-refractivity contribution < 1.29 is 4.74 Å². The van der Waals surface area contributed by atoms with Gasteiger partial charge in [0.15, 0.2) is 0 Å². The zero-order valence-corrected chi connectivity index (χ0v) is 16.1. The van der Waals surface area contributed by atoms with Crippen LogP contribution in [0.4, 0.5) is 0 Å². The molecule has 0 aliphatic carbocycles. The highest BCUT2D eigenvalue weighted by Gasteiger charge is 2.20. The van der Waals surface area contributed by atoms with Gasteiger partial charge in [-0.05, 0) is 62.7 Å². The first-order valence-corrected chi connectivity index (χ1v) is 9.64. The maximum atomic E-state index is 5.19. The maximum absolute atomic E-state index is 5.19. The molecule has 1 aromatic carbocycles. The molecule has 0 bridgehead atoms. The first kappa shape index (κ1) is 19.0. The van der Waals surface area contributed by atoms with Gasteiger partial charge in [-0.25, -0.2) is 0 Å². The van der Waals surface area contributed by atoms with Gasteiger partial charge < -0.3 is 4.74 Å². The summed E-state index contributed by atoms with van der Waals surface area (Å²) in [6, 6.07) is 15.7. The Morgan fingerprint density at radius 1 is 1.08 bits per heavy atom. The molecular weight excluding hydrogens is 322 g/mol. The minimum atomic E-state index is 0.645. The Labute approximate surface area is 157 Å². The van der Waals surface area contributed by atoms with E-state index in [0.717, 1.165) is 25.3 Å². The van der Waals surface area contributed by atoms with Crippen LogP contribution < -0.4 is 0 Å². The largest absolute Gasteiger partial charge is 0.380 e. The lowest BCUT2D eigenvalue weighted by Crippen LogP contribution is -2.32. The highest BCUT2D eigenvalue weighted by Crippen LogP contribution is 2.19. The van der Waals surface area contributed by atoms with Crippen molar-refractivity contribution in [2.75, 3.05) is 27.2 Å². The van der Waals surface area contributed by atoms with Gasteiger partial charge in [-0.3, -0.25) is 14.8 Å². The number of pyridine rings is 1. The number of likely N-dealkylation sites (tertiary alicyclic amines) is 1. The zero-order valence-electron chi connectivity index (χ0n) is 16.1. The Morgan fingerprint density at radius 2 is 1.88 bits per heavy atom. The van der Waals surface area contributed by atoms with Gasteiger partial charge in [0.1, 0.15) is 0 Å². The van der Waals surface area contributed by atoms with E-state index in [1.54, 1.807) is 7.11 Å². The monoisotopic (exact) mass is 353 g/mol. The van der Waals surface area contributed by atoms with E-state index in [2.05, 4.69) is 58.2 Å². The summed E-state index contributed by atoms with van der Waals surface area (Å²) in [5.74, 6) is 0. The maximum Gasteiger partial charge on any atom is 0.0713 e. The van der Waals surface area contributed by atoms with E-state index in [0.29, 0.717) is 12.6 Å². The third-order valence-corrected chi connectivity index (χ3v) is 5.29. The lowest BCUT2D eigenvalue weighted by molar-refractivity contribution is 0.185. The quantitative estimate of drug-likeness (QED) is 0.759. The number of hydrogen-bond donors (Lipinski definition) is 0. The van der Waals surface area contributed by atoms with Crippen molar-refractivity contribution in [2.24, 2.45) is 0 Å². The fraction of sp³-hybridized carbons (Fsp3) is 0.500. The van der Waals surface area contributed by atoms with Crippen molar-refractivity contribution in [3.63, 3.8) is 0 Å². The Hall–Kier alpha value is -1.75. The minimum absolute atomic E-state index is 0.645. The van der Waals surface area contributed by atoms with Crippen molar-refractivity contribution in [1.82, 2.24) is 14.8 Å². The van der Waals surface area contributed by atoms with E-state index in [4.69, 9.17) is 4.74 Å². The molecule has 1 aliphatic heterocycles. The number of methoxy groups -OCH3 is 1. The fourth-order valence-corrected chi connectivity index (χ4v) is 3.78. The lowest BCUT2D eigenvalue weighted by atomic mass is 10.1. The summed E-state index contributed by atoms with van der Waals surface area (Å²) in [5, 5.41) is 0. The molecule has 0 N–H and O–H groups in total. The van der Waals surface area contributed by atoms with Crippen molar-refractivity contribution in [3.8, 4) is 0 Å². The summed E-state index contributed by atoms with van der Waals surface area (Å²) in [6.07, 6.45) is 5.65. The number of ether oxygens (including phenoxy) is 1. The van der Waals surface area contributed by atoms with Gasteiger partial charge in [-0.15, -0.1) is 0 Å². The lowest BCUT2D eigenvalue weighted by Gasteiger charge is -2.27. The smallest absolute Gasteiger partial charge is 0.0713 e. The van der Waals surface area contributed by atoms with Crippen molar-refractivity contribution in [2.45, 2.75) is 45.0 Å². The van der Waals surface area contributed by atoms with E-state index in [9.17, 15) is 0 Å². The van der Waals surface area contributed by atoms with E-state index < -0.39 is 0 Å². The molecule has 1 atom stereocenters. The number of rotatable bonds is 7. The topological polar surface area (TPSA) is 28.6 Å². The predicted molar refractivity (Wildman–Crippen MR) is 106 cm³/mol. The van der Waals surface area contributed by atoms with Crippen molar-refractivity contribution in [3.05, 3.63) is 65.5 Å². The zero-order chi connectivity index (χ0) is 18.2. The van der Waals surface area contributed by atoms with Crippen LogP contribution in [0.1, 0.15) is 36.1 Å². The molecule has 0 radical (unpaired) electrons. The Kier molecular flexibility index (Phi) is 7.18. The van der Waals surface area contributed by atoms with Crippen molar-refractivity contribution in [1.29, 1.82) is 0 Å². The first-order chi connectivity index (χ1) is 12.7. The van der Waals surface area contributed by atoms with E-state index in [1.165, 1.54) is 36.9 Å². The van der Waals surface area contributed by atoms with Gasteiger partial charge in [-0.2, -0.15) is 0 Å². The number of nitrogens with zero attached hydrogens (tertiary/aromatic N) is 3. The Balaban J connectivity index is 1.49. The SMILES string of the molecule is COCc1ccc(CN2CCCC(N(C)Cc3ccccn3)CC2)cc1. The second-order valence-electron chi connectivity index (χ2n) is 7.35. The Bertz CT molecular complexity index is 644. The standard InChI is InChI=1S/C22H31N3O/c1-24(17-21-6-3-4-13-23-21)22-7-5-14-25(15-12-22)16-19-8-10-20(11-9-19)18-26-2/h3-4,6,8-11,13,22H,5,7,12,14-18H2,1-2H3. The molecule has 1 aromatic heterocycles. The molecule has 1 saturated heterocycles. The molecule has 26 heavy (non-hydrogen) atoms. The summed E-state index contributed by atoms with van der Waals surface area (Å²) < 4.78 is 5.19. The van der Waals surface area contributed by atoms with Gasteiger partial charge in [0.05, 0.1) is 12.3 Å². The molecule has 140 valence electrons. The second-order valence-corrected chi connectivity index (χ2v) is 7.35. The van der Waals surface area contributed by atoms with Gasteiger partial charge in [-0.1, -0.05) is 30.3 Å². The summed E-state index contributed by atoms with van der Waals surface area (Å²) >= 11 is 0. The van der Waals surface area contributed by atoms with E-state index >= 15 is 0 Å². The molecule has 3 rings (SSSR count). The number of benzene rings is 1. The molecule has 1 fully saturated rings. The molecule has 0 spiro atoms. The van der Waals surface area contributed by atoms with Crippen molar-refractivity contribution >= 4 is 0 Å². The van der Waals surface area contributed by atoms with Crippen LogP contribution in [0.2, 0.25) is 0 Å². The first-order valence-electron chi connectivity index (χ1n) is 9.64. The summed E-state index contributed by atoms with van der Waals surface area (Å²) in [4.78, 5) is 9.54. The van der Waals surface area contributed by atoms with Crippen LogP contribution in [0.3, 0.4) is 0 Å². The predicted octanol–water partition coefficient (Wildman–Crippen LogP) is 3.71. The normalized spacial score (nSPS) is 18.8. The van der Waals surface area contributed by atoms with E-state index in [-0.39, 0.29) is 0 Å². The average molecular weight is 354 g/mol. The van der Waals surface area contributed by atoms with Gasteiger partial charge in [0, 0.05) is 32.4 Å². The number of aromatic nitrogens is 1. The Morgan fingerprint density at radius 3 is 2.62 bits per heavy atom. The molecular formula is C22H31N3O. The second kappa shape index (κ2) is 9.81. The van der Waals surface area contributed by atoms with Crippen LogP contribution in [0, 0.1) is 0 Å². The molecule has 0 saturated carbocycles. The fourth-order valence-electron chi connectivity index (χ4n) is 3.78. The summed E-state index contributed by atoms with van der Waals surface area (Å²) in [6.45, 7) is 5.02. The summed E-state index contributed by atoms with van der Waals surface area (Å²) in [5.41, 5.74) is 3.79. The van der Waals surface area contributed by atoms with Crippen LogP contribution in [0.5, 0.6) is 0 Å². The van der Waals surface area contributed by atoms with Gasteiger partial charge in [0.2, 0.25) is 0 Å². The highest BCUT2D eigenvalue weighted by molar-refractivity contribution is 5.22. The molecule has 2 heterocycles. The van der Waals surface area contributed by atoms with Gasteiger partial charge >= 0.3 is 0 Å². The minimum Gasteiger partial charge on any atom is -0.380 e. The van der Waals surface area contributed by atoms with Crippen LogP contribution in [-0.4, -0.2) is 48.1 Å². The summed E-state index contributed by atoms with van der Waals surface area (Å²) in [7, 11) is 3.98. The third-order valence-electron chi connectivity index (χ3n) is 5.29. The van der Waals surface area contributed by atoms with Gasteiger partial charge in [0.25, 0.3) is 0 Å². The third kappa shape index (κ3) is 5.63. The molecule has 2 aromatic rings. The molecule has 1 unspecified atom stereocenters. The molecule has 0 amide bonds. The molecule has 1 aliphatic rings. The van der Waals surface area contributed by atoms with Crippen LogP contribution in [0.15, 0.2) is 48.7 Å². The molecule has 4 heteroatoms. The number of hydrogen-bond acceptors (Lipinski definition) is 4. The van der Waals surface area contributed by atoms with Crippen LogP contribution in [-0.2, 0) is 24.4 Å². The average Bonchev–Trinajstić information content (AvgIpc) is 2.90. The van der Waals surface area contributed by atoms with E-state index in [1.807, 2.05) is 12.3 Å². The molecule has 4 nitrogen and oxygen atoms in total. The van der Waals surface area contributed by atoms with Crippen LogP contribution >= 0.6 is 0 Å². The highest BCUT2D eigenvalue weighted by atomic mass is 16.5. The van der Waals surface area contributed by atoms with Crippen LogP contribution in [0.25, 0.3) is 0 Å².